The van der Waals surface area contributed by atoms with E-state index in [1.165, 1.54) is 6.26 Å². The number of halogens is 1. The number of para-hydroxylation sites is 1. The number of hydrogen-bond acceptors (Lipinski definition) is 3. The number of aromatic nitrogens is 2. The van der Waals surface area contributed by atoms with Gasteiger partial charge in [-0.15, -0.1) is 11.6 Å². The first kappa shape index (κ1) is 12.9. The number of alkyl halides is 1. The predicted molar refractivity (Wildman–Crippen MR) is 75.5 cm³/mol. The molecule has 2 aromatic rings. The number of imidazole rings is 1. The first-order valence-corrected chi connectivity index (χ1v) is 8.71. The molecule has 0 unspecified atom stereocenters. The van der Waals surface area contributed by atoms with Crippen LogP contribution < -0.4 is 0 Å². The van der Waals surface area contributed by atoms with Crippen molar-refractivity contribution in [3.05, 3.63) is 24.0 Å². The standard InChI is InChI=1S/C13H15ClN2O2S/c1-19(17,18)11-4-2-3-10-13(11)15-12(7-8-14)16(10)9-5-6-9/h2-4,9H,5-8H2,1H3. The fourth-order valence-electron chi connectivity index (χ4n) is 2.44. The molecule has 0 radical (unpaired) electrons. The van der Waals surface area contributed by atoms with Gasteiger partial charge in [-0.25, -0.2) is 13.4 Å². The van der Waals surface area contributed by atoms with Crippen molar-refractivity contribution >= 4 is 32.5 Å². The summed E-state index contributed by atoms with van der Waals surface area (Å²) in [5.74, 6) is 1.38. The monoisotopic (exact) mass is 298 g/mol. The molecule has 1 fully saturated rings. The lowest BCUT2D eigenvalue weighted by Crippen LogP contribution is -2.02. The summed E-state index contributed by atoms with van der Waals surface area (Å²) in [4.78, 5) is 4.84. The van der Waals surface area contributed by atoms with Crippen LogP contribution in [-0.4, -0.2) is 30.1 Å². The lowest BCUT2D eigenvalue weighted by molar-refractivity contribution is 0.602. The molecule has 1 aromatic heterocycles. The van der Waals surface area contributed by atoms with E-state index in [1.807, 2.05) is 6.07 Å². The van der Waals surface area contributed by atoms with Crippen LogP contribution in [0.1, 0.15) is 24.7 Å². The minimum Gasteiger partial charge on any atom is -0.325 e. The summed E-state index contributed by atoms with van der Waals surface area (Å²) < 4.78 is 25.8. The highest BCUT2D eigenvalue weighted by atomic mass is 35.5. The van der Waals surface area contributed by atoms with Gasteiger partial charge in [-0.05, 0) is 25.0 Å². The van der Waals surface area contributed by atoms with Crippen molar-refractivity contribution in [2.45, 2.75) is 30.2 Å². The molecule has 4 nitrogen and oxygen atoms in total. The SMILES string of the molecule is CS(=O)(=O)c1cccc2c1nc(CCCl)n2C1CC1. The number of rotatable bonds is 4. The van der Waals surface area contributed by atoms with Crippen LogP contribution in [0.15, 0.2) is 23.1 Å². The number of fused-ring (bicyclic) bond motifs is 1. The third-order valence-corrected chi connectivity index (χ3v) is 4.70. The van der Waals surface area contributed by atoms with Crippen molar-refractivity contribution < 1.29 is 8.42 Å². The third-order valence-electron chi connectivity index (χ3n) is 3.39. The van der Waals surface area contributed by atoms with Gasteiger partial charge in [-0.3, -0.25) is 0 Å². The fraction of sp³-hybridized carbons (Fsp3) is 0.462. The van der Waals surface area contributed by atoms with Crippen molar-refractivity contribution in [2.75, 3.05) is 12.1 Å². The average Bonchev–Trinajstić information content (AvgIpc) is 3.09. The zero-order valence-electron chi connectivity index (χ0n) is 10.6. The zero-order valence-corrected chi connectivity index (χ0v) is 12.2. The highest BCUT2D eigenvalue weighted by molar-refractivity contribution is 7.91. The summed E-state index contributed by atoms with van der Waals surface area (Å²) in [6.07, 6.45) is 4.14. The van der Waals surface area contributed by atoms with Crippen LogP contribution in [0.25, 0.3) is 11.0 Å². The zero-order chi connectivity index (χ0) is 13.6. The molecule has 0 bridgehead atoms. The molecule has 19 heavy (non-hydrogen) atoms. The summed E-state index contributed by atoms with van der Waals surface area (Å²) in [6.45, 7) is 0. The quantitative estimate of drug-likeness (QED) is 0.815. The molecule has 1 heterocycles. The van der Waals surface area contributed by atoms with Crippen molar-refractivity contribution in [3.63, 3.8) is 0 Å². The molecule has 0 aliphatic heterocycles. The molecule has 0 saturated heterocycles. The van der Waals surface area contributed by atoms with Gasteiger partial charge in [0, 0.05) is 24.6 Å². The van der Waals surface area contributed by atoms with Gasteiger partial charge in [-0.1, -0.05) is 6.07 Å². The first-order valence-electron chi connectivity index (χ1n) is 6.28. The van der Waals surface area contributed by atoms with E-state index in [9.17, 15) is 8.42 Å². The Labute approximate surface area is 117 Å². The van der Waals surface area contributed by atoms with E-state index in [0.29, 0.717) is 28.8 Å². The number of sulfone groups is 1. The Balaban J connectivity index is 2.30. The van der Waals surface area contributed by atoms with E-state index in [4.69, 9.17) is 11.6 Å². The molecule has 102 valence electrons. The van der Waals surface area contributed by atoms with Gasteiger partial charge in [0.15, 0.2) is 9.84 Å². The second kappa shape index (κ2) is 4.49. The second-order valence-corrected chi connectivity index (χ2v) is 7.33. The summed E-state index contributed by atoms with van der Waals surface area (Å²) in [6, 6.07) is 5.79. The van der Waals surface area contributed by atoms with Gasteiger partial charge in [0.25, 0.3) is 0 Å². The normalized spacial score (nSPS) is 16.1. The van der Waals surface area contributed by atoms with Crippen LogP contribution in [0.4, 0.5) is 0 Å². The van der Waals surface area contributed by atoms with Crippen LogP contribution in [0.3, 0.4) is 0 Å². The lowest BCUT2D eigenvalue weighted by atomic mass is 10.3. The molecular weight excluding hydrogens is 284 g/mol. The van der Waals surface area contributed by atoms with Crippen molar-refractivity contribution in [3.8, 4) is 0 Å². The fourth-order valence-corrected chi connectivity index (χ4v) is 3.44. The number of aryl methyl sites for hydroxylation is 1. The van der Waals surface area contributed by atoms with Gasteiger partial charge in [-0.2, -0.15) is 0 Å². The van der Waals surface area contributed by atoms with Gasteiger partial charge in [0.1, 0.15) is 11.3 Å². The van der Waals surface area contributed by atoms with Gasteiger partial charge < -0.3 is 4.57 Å². The largest absolute Gasteiger partial charge is 0.325 e. The highest BCUT2D eigenvalue weighted by Gasteiger charge is 2.29. The molecular formula is C13H15ClN2O2S. The minimum absolute atomic E-state index is 0.306. The summed E-state index contributed by atoms with van der Waals surface area (Å²) in [5.41, 5.74) is 1.49. The molecule has 1 saturated carbocycles. The number of benzene rings is 1. The van der Waals surface area contributed by atoms with Gasteiger partial charge >= 0.3 is 0 Å². The maximum atomic E-state index is 11.8. The molecule has 0 atom stereocenters. The summed E-state index contributed by atoms with van der Waals surface area (Å²) in [7, 11) is -3.26. The molecule has 1 aliphatic carbocycles. The van der Waals surface area contributed by atoms with E-state index in [2.05, 4.69) is 9.55 Å². The van der Waals surface area contributed by atoms with E-state index in [-0.39, 0.29) is 0 Å². The van der Waals surface area contributed by atoms with Gasteiger partial charge in [0.05, 0.1) is 10.4 Å². The van der Waals surface area contributed by atoms with E-state index < -0.39 is 9.84 Å². The Morgan fingerprint density at radius 2 is 2.16 bits per heavy atom. The Bertz CT molecular complexity index is 732. The van der Waals surface area contributed by atoms with Crippen LogP contribution in [0, 0.1) is 0 Å². The topological polar surface area (TPSA) is 52.0 Å². The Hall–Kier alpha value is -1.07. The molecule has 3 rings (SSSR count). The first-order chi connectivity index (χ1) is 9.02. The smallest absolute Gasteiger partial charge is 0.177 e. The lowest BCUT2D eigenvalue weighted by Gasteiger charge is -2.06. The number of hydrogen-bond donors (Lipinski definition) is 0. The van der Waals surface area contributed by atoms with Crippen LogP contribution in [0.5, 0.6) is 0 Å². The van der Waals surface area contributed by atoms with Crippen LogP contribution >= 0.6 is 11.6 Å². The Morgan fingerprint density at radius 1 is 1.42 bits per heavy atom. The Morgan fingerprint density at radius 3 is 2.74 bits per heavy atom. The highest BCUT2D eigenvalue weighted by Crippen LogP contribution is 2.39. The maximum absolute atomic E-state index is 11.8. The maximum Gasteiger partial charge on any atom is 0.177 e. The third kappa shape index (κ3) is 2.25. The molecule has 0 spiro atoms. The molecule has 6 heteroatoms. The average molecular weight is 299 g/mol. The van der Waals surface area contributed by atoms with Gasteiger partial charge in [0.2, 0.25) is 0 Å². The number of nitrogens with zero attached hydrogens (tertiary/aromatic N) is 2. The second-order valence-electron chi connectivity index (χ2n) is 4.96. The van der Waals surface area contributed by atoms with Crippen molar-refractivity contribution in [2.24, 2.45) is 0 Å². The minimum atomic E-state index is -3.26. The predicted octanol–water partition coefficient (Wildman–Crippen LogP) is 2.56. The molecule has 0 N–H and O–H groups in total. The van der Waals surface area contributed by atoms with Crippen LogP contribution in [0.2, 0.25) is 0 Å². The van der Waals surface area contributed by atoms with E-state index >= 15 is 0 Å². The summed E-state index contributed by atoms with van der Waals surface area (Å²) in [5, 5.41) is 0. The molecule has 1 aliphatic rings. The molecule has 0 amide bonds. The van der Waals surface area contributed by atoms with Crippen LogP contribution in [-0.2, 0) is 16.3 Å². The summed E-state index contributed by atoms with van der Waals surface area (Å²) >= 11 is 5.82. The van der Waals surface area contributed by atoms with Crippen molar-refractivity contribution in [1.29, 1.82) is 0 Å². The van der Waals surface area contributed by atoms with E-state index in [0.717, 1.165) is 24.2 Å². The van der Waals surface area contributed by atoms with Crippen molar-refractivity contribution in [1.82, 2.24) is 9.55 Å². The molecule has 1 aromatic carbocycles. The Kier molecular flexibility index (Phi) is 3.06. The van der Waals surface area contributed by atoms with E-state index in [1.54, 1.807) is 12.1 Å².